The second-order valence-corrected chi connectivity index (χ2v) is 5.63. The zero-order valence-corrected chi connectivity index (χ0v) is 14.6. The van der Waals surface area contributed by atoms with Gasteiger partial charge in [0.25, 0.3) is 0 Å². The zero-order valence-electron chi connectivity index (χ0n) is 14.6. The van der Waals surface area contributed by atoms with E-state index in [1.807, 2.05) is 0 Å². The number of halogens is 2. The highest BCUT2D eigenvalue weighted by Crippen LogP contribution is 2.23. The first-order valence-corrected chi connectivity index (χ1v) is 7.98. The minimum Gasteiger partial charge on any atom is -0.465 e. The van der Waals surface area contributed by atoms with Gasteiger partial charge in [0.1, 0.15) is 17.5 Å². The molecule has 0 bridgehead atoms. The maximum absolute atomic E-state index is 13.8. The van der Waals surface area contributed by atoms with E-state index < -0.39 is 17.6 Å². The Balaban J connectivity index is 1.89. The van der Waals surface area contributed by atoms with Gasteiger partial charge in [-0.05, 0) is 31.2 Å². The standard InChI is InChI=1S/C19H16F2N4O2/c1-11-9-17(23-15-6-4-3-5-13(15)18(26)27-2)25-19(22-11)24-16-8-7-12(20)10-14(16)21/h3-10H,1-2H3,(H2,22,23,24,25). The minimum atomic E-state index is -0.759. The highest BCUT2D eigenvalue weighted by atomic mass is 19.1. The van der Waals surface area contributed by atoms with E-state index in [2.05, 4.69) is 20.6 Å². The van der Waals surface area contributed by atoms with Gasteiger partial charge in [-0.15, -0.1) is 0 Å². The Kier molecular flexibility index (Phi) is 5.25. The van der Waals surface area contributed by atoms with Gasteiger partial charge in [0, 0.05) is 17.8 Å². The van der Waals surface area contributed by atoms with Crippen molar-refractivity contribution in [2.24, 2.45) is 0 Å². The minimum absolute atomic E-state index is 0.0444. The smallest absolute Gasteiger partial charge is 0.339 e. The molecule has 1 aromatic heterocycles. The van der Waals surface area contributed by atoms with Crippen molar-refractivity contribution in [1.82, 2.24) is 9.97 Å². The molecule has 0 saturated carbocycles. The summed E-state index contributed by atoms with van der Waals surface area (Å²) in [6, 6.07) is 11.6. The van der Waals surface area contributed by atoms with Gasteiger partial charge in [-0.3, -0.25) is 0 Å². The van der Waals surface area contributed by atoms with Gasteiger partial charge in [0.15, 0.2) is 0 Å². The lowest BCUT2D eigenvalue weighted by Gasteiger charge is -2.12. The molecule has 3 aromatic rings. The SMILES string of the molecule is COC(=O)c1ccccc1Nc1cc(C)nc(Nc2ccc(F)cc2F)n1. The molecule has 0 spiro atoms. The lowest BCUT2D eigenvalue weighted by atomic mass is 10.2. The number of aryl methyl sites for hydroxylation is 1. The van der Waals surface area contributed by atoms with Gasteiger partial charge < -0.3 is 15.4 Å². The summed E-state index contributed by atoms with van der Waals surface area (Å²) in [4.78, 5) is 20.3. The van der Waals surface area contributed by atoms with Crippen LogP contribution in [0.3, 0.4) is 0 Å². The number of anilines is 4. The number of benzene rings is 2. The van der Waals surface area contributed by atoms with Gasteiger partial charge in [0.05, 0.1) is 24.0 Å². The summed E-state index contributed by atoms with van der Waals surface area (Å²) in [5, 5.41) is 5.75. The number of hydrogen-bond acceptors (Lipinski definition) is 6. The highest BCUT2D eigenvalue weighted by molar-refractivity contribution is 5.96. The largest absolute Gasteiger partial charge is 0.465 e. The van der Waals surface area contributed by atoms with E-state index in [1.165, 1.54) is 13.2 Å². The van der Waals surface area contributed by atoms with Gasteiger partial charge >= 0.3 is 5.97 Å². The Hall–Kier alpha value is -3.55. The third kappa shape index (κ3) is 4.35. The molecule has 2 N–H and O–H groups in total. The van der Waals surface area contributed by atoms with Crippen LogP contribution in [0, 0.1) is 18.6 Å². The number of para-hydroxylation sites is 1. The number of nitrogens with one attached hydrogen (secondary N) is 2. The van der Waals surface area contributed by atoms with Gasteiger partial charge in [-0.2, -0.15) is 4.98 Å². The number of aromatic nitrogens is 2. The van der Waals surface area contributed by atoms with Crippen molar-refractivity contribution in [3.63, 3.8) is 0 Å². The van der Waals surface area contributed by atoms with Crippen molar-refractivity contribution in [3.8, 4) is 0 Å². The molecule has 3 rings (SSSR count). The monoisotopic (exact) mass is 370 g/mol. The number of hydrogen-bond donors (Lipinski definition) is 2. The number of carbonyl (C=O) groups excluding carboxylic acids is 1. The predicted octanol–water partition coefficient (Wildman–Crippen LogP) is 4.34. The number of nitrogens with zero attached hydrogens (tertiary/aromatic N) is 2. The van der Waals surface area contributed by atoms with Crippen molar-refractivity contribution in [1.29, 1.82) is 0 Å². The average molecular weight is 370 g/mol. The number of ether oxygens (including phenoxy) is 1. The highest BCUT2D eigenvalue weighted by Gasteiger charge is 2.13. The Bertz CT molecular complexity index is 995. The molecule has 0 fully saturated rings. The summed E-state index contributed by atoms with van der Waals surface area (Å²) >= 11 is 0. The normalized spacial score (nSPS) is 10.4. The molecule has 0 radical (unpaired) electrons. The fraction of sp³-hybridized carbons (Fsp3) is 0.105. The maximum atomic E-state index is 13.8. The van der Waals surface area contributed by atoms with Crippen molar-refractivity contribution in [2.45, 2.75) is 6.92 Å². The van der Waals surface area contributed by atoms with E-state index in [4.69, 9.17) is 4.74 Å². The van der Waals surface area contributed by atoms with Crippen LogP contribution < -0.4 is 10.6 Å². The van der Waals surface area contributed by atoms with Crippen LogP contribution in [0.2, 0.25) is 0 Å². The Morgan fingerprint density at radius 1 is 1.00 bits per heavy atom. The number of esters is 1. The number of rotatable bonds is 5. The summed E-state index contributed by atoms with van der Waals surface area (Å²) in [6.07, 6.45) is 0. The molecule has 0 unspecified atom stereocenters. The molecule has 1 heterocycles. The zero-order chi connectivity index (χ0) is 19.4. The Morgan fingerprint density at radius 3 is 2.52 bits per heavy atom. The lowest BCUT2D eigenvalue weighted by molar-refractivity contribution is 0.0602. The van der Waals surface area contributed by atoms with Crippen LogP contribution in [0.1, 0.15) is 16.1 Å². The molecule has 0 saturated heterocycles. The Labute approximate surface area is 154 Å². The summed E-state index contributed by atoms with van der Waals surface area (Å²) < 4.78 is 31.6. The average Bonchev–Trinajstić information content (AvgIpc) is 2.63. The summed E-state index contributed by atoms with van der Waals surface area (Å²) in [6.45, 7) is 1.74. The topological polar surface area (TPSA) is 76.1 Å². The second kappa shape index (κ2) is 7.77. The van der Waals surface area contributed by atoms with Gasteiger partial charge in [-0.25, -0.2) is 18.6 Å². The summed E-state index contributed by atoms with van der Waals surface area (Å²) in [5.74, 6) is -1.41. The molecule has 138 valence electrons. The van der Waals surface area contributed by atoms with Gasteiger partial charge in [-0.1, -0.05) is 12.1 Å². The van der Waals surface area contributed by atoms with Crippen molar-refractivity contribution in [3.05, 3.63) is 71.4 Å². The van der Waals surface area contributed by atoms with Crippen LogP contribution in [0.15, 0.2) is 48.5 Å². The van der Waals surface area contributed by atoms with Crippen LogP contribution in [0.25, 0.3) is 0 Å². The van der Waals surface area contributed by atoms with Crippen LogP contribution >= 0.6 is 0 Å². The second-order valence-electron chi connectivity index (χ2n) is 5.63. The Morgan fingerprint density at radius 2 is 1.78 bits per heavy atom. The van der Waals surface area contributed by atoms with E-state index in [0.29, 0.717) is 22.8 Å². The van der Waals surface area contributed by atoms with Crippen molar-refractivity contribution < 1.29 is 18.3 Å². The van der Waals surface area contributed by atoms with Crippen LogP contribution in [-0.2, 0) is 4.74 Å². The molecule has 0 atom stereocenters. The van der Waals surface area contributed by atoms with E-state index in [-0.39, 0.29) is 11.6 Å². The van der Waals surface area contributed by atoms with Crippen LogP contribution in [0.4, 0.5) is 31.9 Å². The van der Waals surface area contributed by atoms with E-state index in [1.54, 1.807) is 37.3 Å². The van der Waals surface area contributed by atoms with Crippen LogP contribution in [-0.4, -0.2) is 23.0 Å². The van der Waals surface area contributed by atoms with Crippen molar-refractivity contribution in [2.75, 3.05) is 17.7 Å². The van der Waals surface area contributed by atoms with Crippen molar-refractivity contribution >= 4 is 29.1 Å². The molecule has 27 heavy (non-hydrogen) atoms. The predicted molar refractivity (Wildman–Crippen MR) is 97.5 cm³/mol. The quantitative estimate of drug-likeness (QED) is 0.651. The first kappa shape index (κ1) is 18.2. The molecule has 8 heteroatoms. The summed E-state index contributed by atoms with van der Waals surface area (Å²) in [7, 11) is 1.30. The van der Waals surface area contributed by atoms with Crippen LogP contribution in [0.5, 0.6) is 0 Å². The van der Waals surface area contributed by atoms with Gasteiger partial charge in [0.2, 0.25) is 5.95 Å². The molecular formula is C19H16F2N4O2. The molecule has 0 amide bonds. The third-order valence-corrected chi connectivity index (χ3v) is 3.63. The molecule has 0 aliphatic heterocycles. The maximum Gasteiger partial charge on any atom is 0.339 e. The first-order chi connectivity index (χ1) is 13.0. The fourth-order valence-electron chi connectivity index (χ4n) is 2.42. The van der Waals surface area contributed by atoms with E-state index in [0.717, 1.165) is 12.1 Å². The molecule has 0 aliphatic rings. The molecular weight excluding hydrogens is 354 g/mol. The lowest BCUT2D eigenvalue weighted by Crippen LogP contribution is -2.07. The van der Waals surface area contributed by atoms with E-state index >= 15 is 0 Å². The number of methoxy groups -OCH3 is 1. The summed E-state index contributed by atoms with van der Waals surface area (Å²) in [5.41, 5.74) is 1.49. The fourth-order valence-corrected chi connectivity index (χ4v) is 2.42. The first-order valence-electron chi connectivity index (χ1n) is 7.98. The number of carbonyl (C=O) groups is 1. The molecule has 6 nitrogen and oxygen atoms in total. The van der Waals surface area contributed by atoms with E-state index in [9.17, 15) is 13.6 Å². The molecule has 0 aliphatic carbocycles. The molecule has 2 aromatic carbocycles. The third-order valence-electron chi connectivity index (χ3n) is 3.63.